The molecule has 4 aromatic carbocycles. The lowest BCUT2D eigenvalue weighted by atomic mass is 10.0. The first kappa shape index (κ1) is 24.7. The zero-order valence-corrected chi connectivity index (χ0v) is 20.8. The van der Waals surface area contributed by atoms with Gasteiger partial charge in [-0.05, 0) is 29.3 Å². The molecule has 1 aromatic heterocycles. The van der Waals surface area contributed by atoms with Gasteiger partial charge >= 0.3 is 0 Å². The number of carbonyl (C=O) groups excluding carboxylic acids is 2. The Kier molecular flexibility index (Phi) is 7.70. The van der Waals surface area contributed by atoms with E-state index in [0.29, 0.717) is 5.56 Å². The van der Waals surface area contributed by atoms with Crippen molar-refractivity contribution >= 4 is 28.9 Å². The molecule has 1 heterocycles. The number of hydrazone groups is 1. The summed E-state index contributed by atoms with van der Waals surface area (Å²) < 4.78 is 2.18. The molecule has 38 heavy (non-hydrogen) atoms. The SMILES string of the molecule is O=C(C[C@H](NC(=O)c1ccccc1)c1ccccc1)N/N=C\c1cn(Cc2ccccc2)c2ccccc12. The van der Waals surface area contributed by atoms with Crippen LogP contribution < -0.4 is 10.7 Å². The number of hydrogen-bond acceptors (Lipinski definition) is 3. The molecule has 6 nitrogen and oxygen atoms in total. The van der Waals surface area contributed by atoms with E-state index in [1.165, 1.54) is 5.56 Å². The van der Waals surface area contributed by atoms with Gasteiger partial charge in [0.2, 0.25) is 5.91 Å². The van der Waals surface area contributed by atoms with Gasteiger partial charge in [-0.25, -0.2) is 5.43 Å². The molecule has 6 heteroatoms. The maximum absolute atomic E-state index is 12.9. The van der Waals surface area contributed by atoms with Gasteiger partial charge in [0.05, 0.1) is 18.7 Å². The summed E-state index contributed by atoms with van der Waals surface area (Å²) in [6.07, 6.45) is 3.76. The standard InChI is InChI=1S/C32H28N4O2/c37-31(20-29(25-14-6-2-7-15-25)34-32(38)26-16-8-3-9-17-26)35-33-21-27-23-36(22-24-12-4-1-5-13-24)30-19-11-10-18-28(27)30/h1-19,21,23,29H,20,22H2,(H,34,38)(H,35,37)/b33-21-/t29-/m0/s1. The number of aromatic nitrogens is 1. The van der Waals surface area contributed by atoms with E-state index in [1.807, 2.05) is 91.1 Å². The van der Waals surface area contributed by atoms with Crippen LogP contribution in [0.5, 0.6) is 0 Å². The highest BCUT2D eigenvalue weighted by atomic mass is 16.2. The number of nitrogens with one attached hydrogen (secondary N) is 2. The molecule has 0 spiro atoms. The zero-order valence-electron chi connectivity index (χ0n) is 20.8. The van der Waals surface area contributed by atoms with Crippen LogP contribution >= 0.6 is 0 Å². The molecule has 0 saturated heterocycles. The zero-order chi connectivity index (χ0) is 26.2. The van der Waals surface area contributed by atoms with E-state index in [1.54, 1.807) is 18.3 Å². The highest BCUT2D eigenvalue weighted by Gasteiger charge is 2.19. The summed E-state index contributed by atoms with van der Waals surface area (Å²) in [6, 6.07) is 36.3. The second-order valence-electron chi connectivity index (χ2n) is 9.02. The van der Waals surface area contributed by atoms with Crippen molar-refractivity contribution in [2.75, 3.05) is 0 Å². The predicted molar refractivity (Wildman–Crippen MR) is 151 cm³/mol. The quantitative estimate of drug-likeness (QED) is 0.201. The molecule has 2 amide bonds. The molecule has 0 radical (unpaired) electrons. The van der Waals surface area contributed by atoms with Crippen LogP contribution in [0.15, 0.2) is 127 Å². The van der Waals surface area contributed by atoms with Gasteiger partial charge in [-0.2, -0.15) is 5.10 Å². The summed E-state index contributed by atoms with van der Waals surface area (Å²) in [5.74, 6) is -0.529. The Morgan fingerprint density at radius 2 is 1.42 bits per heavy atom. The fourth-order valence-corrected chi connectivity index (χ4v) is 4.46. The van der Waals surface area contributed by atoms with E-state index in [4.69, 9.17) is 0 Å². The van der Waals surface area contributed by atoms with Crippen molar-refractivity contribution in [1.82, 2.24) is 15.3 Å². The van der Waals surface area contributed by atoms with Crippen molar-refractivity contribution in [3.05, 3.63) is 144 Å². The Morgan fingerprint density at radius 1 is 0.789 bits per heavy atom. The van der Waals surface area contributed by atoms with Gasteiger partial charge in [0, 0.05) is 34.8 Å². The second-order valence-corrected chi connectivity index (χ2v) is 9.02. The van der Waals surface area contributed by atoms with Gasteiger partial charge in [-0.1, -0.05) is 97.1 Å². The van der Waals surface area contributed by atoms with Crippen LogP contribution in [0.1, 0.15) is 39.5 Å². The summed E-state index contributed by atoms with van der Waals surface area (Å²) in [6.45, 7) is 0.738. The van der Waals surface area contributed by atoms with E-state index in [-0.39, 0.29) is 18.2 Å². The summed E-state index contributed by atoms with van der Waals surface area (Å²) >= 11 is 0. The van der Waals surface area contributed by atoms with Crippen molar-refractivity contribution in [2.45, 2.75) is 19.0 Å². The average Bonchev–Trinajstić information content (AvgIpc) is 3.31. The van der Waals surface area contributed by atoms with Gasteiger partial charge in [0.15, 0.2) is 0 Å². The van der Waals surface area contributed by atoms with Crippen molar-refractivity contribution in [3.63, 3.8) is 0 Å². The van der Waals surface area contributed by atoms with Gasteiger partial charge in [0.1, 0.15) is 0 Å². The van der Waals surface area contributed by atoms with Gasteiger partial charge in [-0.3, -0.25) is 9.59 Å². The minimum Gasteiger partial charge on any atom is -0.345 e. The minimum absolute atomic E-state index is 0.0513. The highest BCUT2D eigenvalue weighted by Crippen LogP contribution is 2.21. The van der Waals surface area contributed by atoms with Crippen LogP contribution in [0.25, 0.3) is 10.9 Å². The van der Waals surface area contributed by atoms with Gasteiger partial charge < -0.3 is 9.88 Å². The highest BCUT2D eigenvalue weighted by molar-refractivity contribution is 6.00. The molecule has 0 bridgehead atoms. The first-order valence-corrected chi connectivity index (χ1v) is 12.5. The van der Waals surface area contributed by atoms with Crippen molar-refractivity contribution < 1.29 is 9.59 Å². The molecular weight excluding hydrogens is 472 g/mol. The fourth-order valence-electron chi connectivity index (χ4n) is 4.46. The third-order valence-electron chi connectivity index (χ3n) is 6.34. The molecule has 0 saturated carbocycles. The van der Waals surface area contributed by atoms with Gasteiger partial charge in [0.25, 0.3) is 5.91 Å². The molecule has 0 unspecified atom stereocenters. The van der Waals surface area contributed by atoms with E-state index in [2.05, 4.69) is 38.6 Å². The summed E-state index contributed by atoms with van der Waals surface area (Å²) in [7, 11) is 0. The Bertz CT molecular complexity index is 1540. The van der Waals surface area contributed by atoms with Crippen LogP contribution in [0.4, 0.5) is 0 Å². The molecule has 0 aliphatic carbocycles. The lowest BCUT2D eigenvalue weighted by molar-refractivity contribution is -0.121. The van der Waals surface area contributed by atoms with Crippen molar-refractivity contribution in [3.8, 4) is 0 Å². The fraction of sp³-hybridized carbons (Fsp3) is 0.0938. The minimum atomic E-state index is -0.494. The van der Waals surface area contributed by atoms with Gasteiger partial charge in [-0.15, -0.1) is 0 Å². The van der Waals surface area contributed by atoms with Crippen LogP contribution in [0, 0.1) is 0 Å². The molecule has 0 aliphatic rings. The smallest absolute Gasteiger partial charge is 0.251 e. The van der Waals surface area contributed by atoms with Crippen LogP contribution in [0.3, 0.4) is 0 Å². The number of hydrogen-bond donors (Lipinski definition) is 2. The number of amides is 2. The topological polar surface area (TPSA) is 75.5 Å². The molecule has 1 atom stereocenters. The van der Waals surface area contributed by atoms with Crippen molar-refractivity contribution in [1.29, 1.82) is 0 Å². The number of rotatable bonds is 9. The third-order valence-corrected chi connectivity index (χ3v) is 6.34. The van der Waals surface area contributed by atoms with Crippen LogP contribution in [-0.4, -0.2) is 22.6 Å². The van der Waals surface area contributed by atoms with E-state index in [9.17, 15) is 9.59 Å². The van der Waals surface area contributed by atoms with E-state index >= 15 is 0 Å². The molecule has 2 N–H and O–H groups in total. The van der Waals surface area contributed by atoms with Crippen molar-refractivity contribution in [2.24, 2.45) is 5.10 Å². The van der Waals surface area contributed by atoms with Crippen LogP contribution in [-0.2, 0) is 11.3 Å². The molecule has 5 rings (SSSR count). The molecule has 188 valence electrons. The van der Waals surface area contributed by atoms with E-state index in [0.717, 1.165) is 28.6 Å². The summed E-state index contributed by atoms with van der Waals surface area (Å²) in [5, 5.41) is 8.28. The lowest BCUT2D eigenvalue weighted by Gasteiger charge is -2.18. The largest absolute Gasteiger partial charge is 0.345 e. The monoisotopic (exact) mass is 500 g/mol. The molecule has 0 fully saturated rings. The Morgan fingerprint density at radius 3 is 2.16 bits per heavy atom. The number of carbonyl (C=O) groups is 2. The number of para-hydroxylation sites is 1. The lowest BCUT2D eigenvalue weighted by Crippen LogP contribution is -2.32. The maximum Gasteiger partial charge on any atom is 0.251 e. The maximum atomic E-state index is 12.9. The first-order valence-electron chi connectivity index (χ1n) is 12.5. The Hall–Kier alpha value is -4.97. The third kappa shape index (κ3) is 6.05. The first-order chi connectivity index (χ1) is 18.7. The summed E-state index contributed by atoms with van der Waals surface area (Å²) in [5.41, 5.74) is 7.23. The normalized spacial score (nSPS) is 11.9. The van der Waals surface area contributed by atoms with Crippen LogP contribution in [0.2, 0.25) is 0 Å². The Balaban J connectivity index is 1.29. The average molecular weight is 501 g/mol. The molecule has 0 aliphatic heterocycles. The van der Waals surface area contributed by atoms with E-state index < -0.39 is 6.04 Å². The molecular formula is C32H28N4O2. The number of nitrogens with zero attached hydrogens (tertiary/aromatic N) is 2. The predicted octanol–water partition coefficient (Wildman–Crippen LogP) is 5.70. The molecule has 5 aromatic rings. The number of fused-ring (bicyclic) bond motifs is 1. The second kappa shape index (κ2) is 11.8. The number of benzene rings is 4. The summed E-state index contributed by atoms with van der Waals surface area (Å²) in [4.78, 5) is 25.7. The Labute approximate surface area is 221 Å².